The average Bonchev–Trinajstić information content (AvgIpc) is 2.66. The van der Waals surface area contributed by atoms with E-state index >= 15 is 0 Å². The topological polar surface area (TPSA) is 74.1 Å². The van der Waals surface area contributed by atoms with Crippen molar-refractivity contribution in [1.29, 1.82) is 0 Å². The summed E-state index contributed by atoms with van der Waals surface area (Å²) in [4.78, 5) is 0. The van der Waals surface area contributed by atoms with Gasteiger partial charge in [-0.05, 0) is 36.8 Å². The fourth-order valence-corrected chi connectivity index (χ4v) is 1.86. The Morgan fingerprint density at radius 1 is 1.35 bits per heavy atom. The van der Waals surface area contributed by atoms with Crippen molar-refractivity contribution in [3.63, 3.8) is 0 Å². The molecule has 0 aliphatic carbocycles. The Hall–Kier alpha value is -1.82. The molecular formula is C11H13N3O2S. The second-order valence-corrected chi connectivity index (χ2v) is 4.09. The van der Waals surface area contributed by atoms with Gasteiger partial charge in [0.1, 0.15) is 0 Å². The molecule has 17 heavy (non-hydrogen) atoms. The maximum atomic E-state index is 9.47. The molecule has 0 radical (unpaired) electrons. The highest BCUT2D eigenvalue weighted by Crippen LogP contribution is 2.29. The van der Waals surface area contributed by atoms with Gasteiger partial charge in [0.15, 0.2) is 22.1 Å². The summed E-state index contributed by atoms with van der Waals surface area (Å²) in [5.41, 5.74) is 0.709. The average molecular weight is 251 g/mol. The Labute approximate surface area is 103 Å². The van der Waals surface area contributed by atoms with Gasteiger partial charge < -0.3 is 14.8 Å². The molecule has 0 saturated heterocycles. The number of nitrogens with zero attached hydrogens (tertiary/aromatic N) is 2. The third-order valence-corrected chi connectivity index (χ3v) is 2.75. The predicted octanol–water partition coefficient (Wildman–Crippen LogP) is 2.43. The minimum Gasteiger partial charge on any atom is -0.504 e. The number of hydrogen-bond donors (Lipinski definition) is 3. The van der Waals surface area contributed by atoms with Gasteiger partial charge in [-0.3, -0.25) is 5.10 Å². The molecule has 0 fully saturated rings. The molecule has 1 heterocycles. The van der Waals surface area contributed by atoms with E-state index in [0.717, 1.165) is 13.0 Å². The molecule has 0 bridgehead atoms. The van der Waals surface area contributed by atoms with Crippen LogP contribution in [0, 0.1) is 4.77 Å². The molecule has 90 valence electrons. The van der Waals surface area contributed by atoms with E-state index in [0.29, 0.717) is 16.2 Å². The Kier molecular flexibility index (Phi) is 3.14. The highest BCUT2D eigenvalue weighted by atomic mass is 32.1. The molecule has 1 aromatic carbocycles. The number of H-pyrrole nitrogens is 1. The van der Waals surface area contributed by atoms with Crippen LogP contribution in [0.5, 0.6) is 11.5 Å². The third-order valence-electron chi connectivity index (χ3n) is 2.44. The number of aromatic amines is 1. The van der Waals surface area contributed by atoms with Crippen LogP contribution in [0.25, 0.3) is 11.4 Å². The molecule has 0 amide bonds. The molecule has 0 unspecified atom stereocenters. The van der Waals surface area contributed by atoms with Gasteiger partial charge in [0.2, 0.25) is 0 Å². The number of aromatic hydroxyl groups is 2. The van der Waals surface area contributed by atoms with Crippen molar-refractivity contribution in [2.24, 2.45) is 0 Å². The summed E-state index contributed by atoms with van der Waals surface area (Å²) < 4.78 is 2.41. The van der Waals surface area contributed by atoms with Crippen molar-refractivity contribution in [1.82, 2.24) is 14.8 Å². The van der Waals surface area contributed by atoms with Crippen LogP contribution < -0.4 is 0 Å². The number of phenols is 2. The number of hydrogen-bond acceptors (Lipinski definition) is 4. The van der Waals surface area contributed by atoms with Gasteiger partial charge in [-0.2, -0.15) is 5.10 Å². The SMILES string of the molecule is CCCn1c(-c2ccc(O)c(O)c2)n[nH]c1=S. The molecule has 0 atom stereocenters. The number of nitrogens with one attached hydrogen (secondary N) is 1. The van der Waals surface area contributed by atoms with E-state index in [9.17, 15) is 10.2 Å². The number of aromatic nitrogens is 3. The molecular weight excluding hydrogens is 238 g/mol. The first-order chi connectivity index (χ1) is 8.13. The summed E-state index contributed by atoms with van der Waals surface area (Å²) in [7, 11) is 0. The van der Waals surface area contributed by atoms with Crippen LogP contribution in [0.3, 0.4) is 0 Å². The fourth-order valence-electron chi connectivity index (χ4n) is 1.63. The quantitative estimate of drug-likeness (QED) is 0.578. The highest BCUT2D eigenvalue weighted by Gasteiger charge is 2.10. The van der Waals surface area contributed by atoms with Gasteiger partial charge in [0, 0.05) is 12.1 Å². The van der Waals surface area contributed by atoms with Crippen molar-refractivity contribution in [2.45, 2.75) is 19.9 Å². The predicted molar refractivity (Wildman–Crippen MR) is 66.5 cm³/mol. The fraction of sp³-hybridized carbons (Fsp3) is 0.273. The zero-order chi connectivity index (χ0) is 12.4. The summed E-state index contributed by atoms with van der Waals surface area (Å²) in [6.45, 7) is 2.80. The van der Waals surface area contributed by atoms with Crippen LogP contribution in [0.1, 0.15) is 13.3 Å². The maximum Gasteiger partial charge on any atom is 0.195 e. The molecule has 5 nitrogen and oxygen atoms in total. The number of benzene rings is 1. The zero-order valence-electron chi connectivity index (χ0n) is 9.34. The first-order valence-corrected chi connectivity index (χ1v) is 5.72. The molecule has 1 aromatic heterocycles. The highest BCUT2D eigenvalue weighted by molar-refractivity contribution is 7.71. The monoisotopic (exact) mass is 251 g/mol. The first-order valence-electron chi connectivity index (χ1n) is 5.31. The Bertz CT molecular complexity index is 589. The second kappa shape index (κ2) is 4.58. The van der Waals surface area contributed by atoms with E-state index in [1.807, 2.05) is 11.5 Å². The van der Waals surface area contributed by atoms with Gasteiger partial charge in [-0.15, -0.1) is 0 Å². The summed E-state index contributed by atoms with van der Waals surface area (Å²) in [6, 6.07) is 4.58. The van der Waals surface area contributed by atoms with E-state index in [4.69, 9.17) is 12.2 Å². The Morgan fingerprint density at radius 3 is 2.76 bits per heavy atom. The van der Waals surface area contributed by atoms with Crippen LogP contribution in [-0.2, 0) is 6.54 Å². The lowest BCUT2D eigenvalue weighted by atomic mass is 10.2. The number of phenolic OH excluding ortho intramolecular Hbond substituents is 2. The van der Waals surface area contributed by atoms with Gasteiger partial charge in [-0.25, -0.2) is 0 Å². The van der Waals surface area contributed by atoms with Gasteiger partial charge in [-0.1, -0.05) is 6.92 Å². The third kappa shape index (κ3) is 2.16. The molecule has 0 saturated carbocycles. The minimum absolute atomic E-state index is 0.148. The van der Waals surface area contributed by atoms with Crippen molar-refractivity contribution < 1.29 is 10.2 Å². The first kappa shape index (κ1) is 11.7. The standard InChI is InChI=1S/C11H13N3O2S/c1-2-5-14-10(12-13-11(14)17)7-3-4-8(15)9(16)6-7/h3-4,6,15-16H,2,5H2,1H3,(H,13,17). The minimum atomic E-state index is -0.167. The normalized spacial score (nSPS) is 10.6. The van der Waals surface area contributed by atoms with Crippen LogP contribution in [0.2, 0.25) is 0 Å². The van der Waals surface area contributed by atoms with Crippen molar-refractivity contribution in [3.8, 4) is 22.9 Å². The molecule has 0 spiro atoms. The van der Waals surface area contributed by atoms with Crippen LogP contribution in [-0.4, -0.2) is 25.0 Å². The van der Waals surface area contributed by atoms with Crippen LogP contribution in [0.4, 0.5) is 0 Å². The summed E-state index contributed by atoms with van der Waals surface area (Å²) in [5, 5.41) is 25.6. The number of rotatable bonds is 3. The largest absolute Gasteiger partial charge is 0.504 e. The zero-order valence-corrected chi connectivity index (χ0v) is 10.2. The van der Waals surface area contributed by atoms with E-state index < -0.39 is 0 Å². The van der Waals surface area contributed by atoms with Crippen LogP contribution >= 0.6 is 12.2 Å². The van der Waals surface area contributed by atoms with Crippen molar-refractivity contribution >= 4 is 12.2 Å². The maximum absolute atomic E-state index is 9.47. The Morgan fingerprint density at radius 2 is 2.12 bits per heavy atom. The molecule has 0 aliphatic rings. The molecule has 0 aliphatic heterocycles. The lowest BCUT2D eigenvalue weighted by Crippen LogP contribution is -1.99. The smallest absolute Gasteiger partial charge is 0.195 e. The summed E-state index contributed by atoms with van der Waals surface area (Å²) >= 11 is 5.13. The lowest BCUT2D eigenvalue weighted by molar-refractivity contribution is 0.404. The van der Waals surface area contributed by atoms with E-state index in [-0.39, 0.29) is 11.5 Å². The molecule has 2 rings (SSSR count). The van der Waals surface area contributed by atoms with Gasteiger partial charge in [0.25, 0.3) is 0 Å². The van der Waals surface area contributed by atoms with E-state index in [1.54, 1.807) is 6.07 Å². The molecule has 6 heteroatoms. The van der Waals surface area contributed by atoms with Gasteiger partial charge in [0.05, 0.1) is 0 Å². The molecule has 3 N–H and O–H groups in total. The van der Waals surface area contributed by atoms with Crippen LogP contribution in [0.15, 0.2) is 18.2 Å². The van der Waals surface area contributed by atoms with Crippen molar-refractivity contribution in [2.75, 3.05) is 0 Å². The summed E-state index contributed by atoms with van der Waals surface area (Å²) in [5.74, 6) is 0.344. The van der Waals surface area contributed by atoms with E-state index in [1.165, 1.54) is 12.1 Å². The van der Waals surface area contributed by atoms with Crippen molar-refractivity contribution in [3.05, 3.63) is 23.0 Å². The van der Waals surface area contributed by atoms with Gasteiger partial charge >= 0.3 is 0 Å². The Balaban J connectivity index is 2.52. The lowest BCUT2D eigenvalue weighted by Gasteiger charge is -2.06. The molecule has 2 aromatic rings. The van der Waals surface area contributed by atoms with E-state index in [2.05, 4.69) is 10.2 Å². The summed E-state index contributed by atoms with van der Waals surface area (Å²) in [6.07, 6.45) is 0.935. The second-order valence-electron chi connectivity index (χ2n) is 3.71.